The predicted molar refractivity (Wildman–Crippen MR) is 74.0 cm³/mol. The molecule has 19 heavy (non-hydrogen) atoms. The van der Waals surface area contributed by atoms with Crippen molar-refractivity contribution in [2.75, 3.05) is 0 Å². The zero-order valence-electron chi connectivity index (χ0n) is 11.1. The van der Waals surface area contributed by atoms with Gasteiger partial charge in [-0.2, -0.15) is 5.10 Å². The van der Waals surface area contributed by atoms with Crippen LogP contribution in [0.2, 0.25) is 0 Å². The number of aryl methyl sites for hydroxylation is 2. The maximum atomic E-state index is 4.39. The first-order valence-corrected chi connectivity index (χ1v) is 7.25. The van der Waals surface area contributed by atoms with Gasteiger partial charge in [0.15, 0.2) is 5.16 Å². The van der Waals surface area contributed by atoms with Crippen LogP contribution in [-0.2, 0) is 13.6 Å². The summed E-state index contributed by atoms with van der Waals surface area (Å²) in [6, 6.07) is 2.75. The molecular formula is C13H17N5S. The Kier molecular flexibility index (Phi) is 3.52. The molecule has 1 aliphatic carbocycles. The average molecular weight is 275 g/mol. The van der Waals surface area contributed by atoms with Crippen LogP contribution in [0, 0.1) is 6.92 Å². The molecule has 3 rings (SSSR count). The van der Waals surface area contributed by atoms with E-state index in [-0.39, 0.29) is 0 Å². The summed E-state index contributed by atoms with van der Waals surface area (Å²) in [5.41, 5.74) is 2.15. The SMILES string of the molecule is Cc1cc(Sc2ncc(CNC3CC3)cn2)n(C)n1. The van der Waals surface area contributed by atoms with Crippen molar-refractivity contribution in [3.8, 4) is 0 Å². The standard InChI is InChI=1S/C13H17N5S/c1-9-5-12(18(2)17-9)19-13-15-7-10(8-16-13)6-14-11-3-4-11/h5,7-8,11,14H,3-4,6H2,1-2H3. The first-order valence-electron chi connectivity index (χ1n) is 6.43. The third kappa shape index (κ3) is 3.33. The van der Waals surface area contributed by atoms with Gasteiger partial charge in [0.05, 0.1) is 5.69 Å². The number of rotatable bonds is 5. The van der Waals surface area contributed by atoms with E-state index in [4.69, 9.17) is 0 Å². The van der Waals surface area contributed by atoms with E-state index in [1.165, 1.54) is 24.6 Å². The van der Waals surface area contributed by atoms with E-state index in [9.17, 15) is 0 Å². The topological polar surface area (TPSA) is 55.6 Å². The Morgan fingerprint density at radius 3 is 2.68 bits per heavy atom. The number of nitrogens with one attached hydrogen (secondary N) is 1. The average Bonchev–Trinajstić information content (AvgIpc) is 3.16. The van der Waals surface area contributed by atoms with Gasteiger partial charge >= 0.3 is 0 Å². The fourth-order valence-electron chi connectivity index (χ4n) is 1.81. The minimum absolute atomic E-state index is 0.714. The van der Waals surface area contributed by atoms with Gasteiger partial charge in [0.25, 0.3) is 0 Å². The molecule has 2 aromatic heterocycles. The lowest BCUT2D eigenvalue weighted by molar-refractivity contribution is 0.678. The summed E-state index contributed by atoms with van der Waals surface area (Å²) in [6.07, 6.45) is 6.39. The summed E-state index contributed by atoms with van der Waals surface area (Å²) >= 11 is 1.54. The number of nitrogens with zero attached hydrogens (tertiary/aromatic N) is 4. The fourth-order valence-corrected chi connectivity index (χ4v) is 2.61. The van der Waals surface area contributed by atoms with Gasteiger partial charge < -0.3 is 5.32 Å². The van der Waals surface area contributed by atoms with E-state index in [1.807, 2.05) is 37.1 Å². The molecule has 1 N–H and O–H groups in total. The highest BCUT2D eigenvalue weighted by Gasteiger charge is 2.19. The highest BCUT2D eigenvalue weighted by atomic mass is 32.2. The summed E-state index contributed by atoms with van der Waals surface area (Å²) in [6.45, 7) is 2.85. The highest BCUT2D eigenvalue weighted by molar-refractivity contribution is 7.99. The second-order valence-corrected chi connectivity index (χ2v) is 5.87. The van der Waals surface area contributed by atoms with Gasteiger partial charge in [-0.3, -0.25) is 4.68 Å². The molecule has 2 heterocycles. The third-order valence-corrected chi connectivity index (χ3v) is 3.99. The van der Waals surface area contributed by atoms with Crippen molar-refractivity contribution in [1.82, 2.24) is 25.1 Å². The molecule has 5 nitrogen and oxygen atoms in total. The summed E-state index contributed by atoms with van der Waals surface area (Å²) in [5.74, 6) is 0. The van der Waals surface area contributed by atoms with E-state index < -0.39 is 0 Å². The van der Waals surface area contributed by atoms with E-state index >= 15 is 0 Å². The van der Waals surface area contributed by atoms with Crippen LogP contribution >= 0.6 is 11.8 Å². The molecule has 1 saturated carbocycles. The zero-order valence-corrected chi connectivity index (χ0v) is 11.9. The zero-order chi connectivity index (χ0) is 13.2. The second-order valence-electron chi connectivity index (χ2n) is 4.88. The molecule has 0 unspecified atom stereocenters. The number of hydrogen-bond acceptors (Lipinski definition) is 5. The van der Waals surface area contributed by atoms with Crippen LogP contribution in [-0.4, -0.2) is 25.8 Å². The molecule has 0 radical (unpaired) electrons. The maximum absolute atomic E-state index is 4.39. The molecule has 0 atom stereocenters. The van der Waals surface area contributed by atoms with Crippen LogP contribution in [0.5, 0.6) is 0 Å². The molecule has 0 aliphatic heterocycles. The summed E-state index contributed by atoms with van der Waals surface area (Å²) in [7, 11) is 1.93. The Balaban J connectivity index is 1.63. The Morgan fingerprint density at radius 1 is 1.37 bits per heavy atom. The lowest BCUT2D eigenvalue weighted by Gasteiger charge is -2.03. The van der Waals surface area contributed by atoms with Crippen molar-refractivity contribution < 1.29 is 0 Å². The van der Waals surface area contributed by atoms with Crippen LogP contribution in [0.4, 0.5) is 0 Å². The maximum Gasteiger partial charge on any atom is 0.193 e. The van der Waals surface area contributed by atoms with Gasteiger partial charge in [-0.25, -0.2) is 9.97 Å². The van der Waals surface area contributed by atoms with Crippen molar-refractivity contribution in [3.05, 3.63) is 29.7 Å². The van der Waals surface area contributed by atoms with Crippen LogP contribution in [0.15, 0.2) is 28.6 Å². The second kappa shape index (κ2) is 5.30. The quantitative estimate of drug-likeness (QED) is 0.845. The molecule has 0 aromatic carbocycles. The molecule has 6 heteroatoms. The van der Waals surface area contributed by atoms with Gasteiger partial charge in [-0.05, 0) is 37.6 Å². The largest absolute Gasteiger partial charge is 0.310 e. The van der Waals surface area contributed by atoms with Gasteiger partial charge in [-0.1, -0.05) is 0 Å². The highest BCUT2D eigenvalue weighted by Crippen LogP contribution is 2.24. The monoisotopic (exact) mass is 275 g/mol. The lowest BCUT2D eigenvalue weighted by Crippen LogP contribution is -2.15. The Bertz CT molecular complexity index is 559. The first kappa shape index (κ1) is 12.6. The molecule has 2 aromatic rings. The summed E-state index contributed by atoms with van der Waals surface area (Å²) in [5, 5.41) is 9.58. The Labute approximate surface area is 116 Å². The van der Waals surface area contributed by atoms with Crippen molar-refractivity contribution in [2.24, 2.45) is 7.05 Å². The van der Waals surface area contributed by atoms with Crippen molar-refractivity contribution in [2.45, 2.75) is 42.5 Å². The van der Waals surface area contributed by atoms with E-state index in [0.717, 1.165) is 28.0 Å². The van der Waals surface area contributed by atoms with Gasteiger partial charge in [0.2, 0.25) is 0 Å². The number of aromatic nitrogens is 4. The molecular weight excluding hydrogens is 258 g/mol. The van der Waals surface area contributed by atoms with Gasteiger partial charge in [0.1, 0.15) is 5.03 Å². The third-order valence-electron chi connectivity index (χ3n) is 3.01. The summed E-state index contributed by atoms with van der Waals surface area (Å²) in [4.78, 5) is 8.79. The van der Waals surface area contributed by atoms with E-state index in [2.05, 4.69) is 20.4 Å². The van der Waals surface area contributed by atoms with Crippen molar-refractivity contribution >= 4 is 11.8 Å². The molecule has 0 saturated heterocycles. The molecule has 0 spiro atoms. The lowest BCUT2D eigenvalue weighted by atomic mass is 10.3. The normalized spacial score (nSPS) is 14.8. The minimum Gasteiger partial charge on any atom is -0.310 e. The Hall–Kier alpha value is -1.40. The van der Waals surface area contributed by atoms with Crippen LogP contribution in [0.25, 0.3) is 0 Å². The molecule has 100 valence electrons. The van der Waals surface area contributed by atoms with Crippen molar-refractivity contribution in [3.63, 3.8) is 0 Å². The van der Waals surface area contributed by atoms with Gasteiger partial charge in [-0.15, -0.1) is 0 Å². The van der Waals surface area contributed by atoms with Crippen LogP contribution < -0.4 is 5.32 Å². The molecule has 0 amide bonds. The van der Waals surface area contributed by atoms with E-state index in [1.54, 1.807) is 0 Å². The van der Waals surface area contributed by atoms with E-state index in [0.29, 0.717) is 6.04 Å². The fraction of sp³-hybridized carbons (Fsp3) is 0.462. The minimum atomic E-state index is 0.714. The number of hydrogen-bond donors (Lipinski definition) is 1. The van der Waals surface area contributed by atoms with Gasteiger partial charge in [0, 0.05) is 37.6 Å². The smallest absolute Gasteiger partial charge is 0.193 e. The Morgan fingerprint density at radius 2 is 2.11 bits per heavy atom. The molecule has 1 aliphatic rings. The van der Waals surface area contributed by atoms with Crippen LogP contribution in [0.1, 0.15) is 24.1 Å². The van der Waals surface area contributed by atoms with Crippen molar-refractivity contribution in [1.29, 1.82) is 0 Å². The molecule has 0 bridgehead atoms. The predicted octanol–water partition coefficient (Wildman–Crippen LogP) is 1.92. The molecule has 1 fully saturated rings. The summed E-state index contributed by atoms with van der Waals surface area (Å²) < 4.78 is 1.85. The first-order chi connectivity index (χ1) is 9.20. The van der Waals surface area contributed by atoms with Crippen LogP contribution in [0.3, 0.4) is 0 Å².